The molecule has 4 heteroatoms. The summed E-state index contributed by atoms with van der Waals surface area (Å²) in [4.78, 5) is 0. The maximum absolute atomic E-state index is 7.51. The fraction of sp³-hybridized carbons (Fsp3) is 0.0714. The maximum Gasteiger partial charge on any atom is 0.132 e. The third-order valence-corrected chi connectivity index (χ3v) is 2.80. The molecule has 0 aliphatic carbocycles. The Hall–Kier alpha value is -2.00. The fourth-order valence-electron chi connectivity index (χ4n) is 1.62. The van der Waals surface area contributed by atoms with Crippen molar-refractivity contribution < 1.29 is 4.74 Å². The van der Waals surface area contributed by atoms with E-state index >= 15 is 0 Å². The minimum Gasteiger partial charge on any atom is -0.488 e. The summed E-state index contributed by atoms with van der Waals surface area (Å²) in [6.07, 6.45) is 0. The van der Waals surface area contributed by atoms with Crippen LogP contribution in [-0.2, 0) is 6.61 Å². The molecular formula is C14H13ClN2O. The number of benzene rings is 2. The van der Waals surface area contributed by atoms with Crippen LogP contribution in [-0.4, -0.2) is 5.84 Å². The van der Waals surface area contributed by atoms with Crippen LogP contribution in [0, 0.1) is 5.41 Å². The van der Waals surface area contributed by atoms with E-state index in [0.717, 1.165) is 5.56 Å². The lowest BCUT2D eigenvalue weighted by molar-refractivity contribution is 0.305. The van der Waals surface area contributed by atoms with Crippen molar-refractivity contribution in [2.45, 2.75) is 6.61 Å². The van der Waals surface area contributed by atoms with Crippen molar-refractivity contribution in [3.63, 3.8) is 0 Å². The second kappa shape index (κ2) is 5.56. The first kappa shape index (κ1) is 12.5. The molecular weight excluding hydrogens is 248 g/mol. The third-order valence-electron chi connectivity index (χ3n) is 2.48. The predicted octanol–water partition coefficient (Wildman–Crippen LogP) is 3.20. The molecule has 18 heavy (non-hydrogen) atoms. The Morgan fingerprint density at radius 2 is 1.83 bits per heavy atom. The number of nitrogen functional groups attached to an aromatic ring is 1. The van der Waals surface area contributed by atoms with E-state index in [9.17, 15) is 0 Å². The highest BCUT2D eigenvalue weighted by Crippen LogP contribution is 2.26. The summed E-state index contributed by atoms with van der Waals surface area (Å²) >= 11 is 6.01. The summed E-state index contributed by atoms with van der Waals surface area (Å²) in [5.74, 6) is 0.433. The van der Waals surface area contributed by atoms with Gasteiger partial charge in [0.25, 0.3) is 0 Å². The van der Waals surface area contributed by atoms with E-state index in [4.69, 9.17) is 27.5 Å². The molecule has 0 aromatic heterocycles. The highest BCUT2D eigenvalue weighted by Gasteiger charge is 2.10. The van der Waals surface area contributed by atoms with Gasteiger partial charge in [-0.25, -0.2) is 0 Å². The van der Waals surface area contributed by atoms with Gasteiger partial charge in [-0.1, -0.05) is 48.0 Å². The van der Waals surface area contributed by atoms with E-state index < -0.39 is 0 Å². The first-order valence-electron chi connectivity index (χ1n) is 5.48. The molecule has 3 nitrogen and oxygen atoms in total. The predicted molar refractivity (Wildman–Crippen MR) is 73.2 cm³/mol. The topological polar surface area (TPSA) is 59.1 Å². The summed E-state index contributed by atoms with van der Waals surface area (Å²) in [5.41, 5.74) is 6.99. The zero-order valence-corrected chi connectivity index (χ0v) is 10.4. The average Bonchev–Trinajstić information content (AvgIpc) is 2.37. The Balaban J connectivity index is 2.20. The molecule has 0 aliphatic rings. The zero-order valence-electron chi connectivity index (χ0n) is 9.69. The maximum atomic E-state index is 7.51. The van der Waals surface area contributed by atoms with Crippen molar-refractivity contribution in [3.05, 3.63) is 64.7 Å². The van der Waals surface area contributed by atoms with Crippen molar-refractivity contribution in [3.8, 4) is 5.75 Å². The second-order valence-corrected chi connectivity index (χ2v) is 4.21. The lowest BCUT2D eigenvalue weighted by atomic mass is 10.2. The number of hydrogen-bond donors (Lipinski definition) is 2. The molecule has 0 unspecified atom stereocenters. The summed E-state index contributed by atoms with van der Waals surface area (Å²) < 4.78 is 5.66. The zero-order chi connectivity index (χ0) is 13.0. The quantitative estimate of drug-likeness (QED) is 0.655. The Labute approximate surface area is 111 Å². The molecule has 2 aromatic rings. The van der Waals surface area contributed by atoms with Crippen LogP contribution in [0.2, 0.25) is 5.02 Å². The molecule has 2 aromatic carbocycles. The average molecular weight is 261 g/mol. The van der Waals surface area contributed by atoms with Crippen LogP contribution in [0.5, 0.6) is 5.75 Å². The molecule has 0 bridgehead atoms. The molecule has 0 amide bonds. The van der Waals surface area contributed by atoms with Crippen LogP contribution < -0.4 is 10.5 Å². The summed E-state index contributed by atoms with van der Waals surface area (Å²) in [5, 5.41) is 7.94. The first-order valence-corrected chi connectivity index (χ1v) is 5.86. The molecule has 2 rings (SSSR count). The van der Waals surface area contributed by atoms with Gasteiger partial charge in [-0.2, -0.15) is 0 Å². The molecule has 0 spiro atoms. The van der Waals surface area contributed by atoms with Gasteiger partial charge in [0.05, 0.1) is 10.6 Å². The van der Waals surface area contributed by atoms with Crippen molar-refractivity contribution in [2.24, 2.45) is 5.73 Å². The van der Waals surface area contributed by atoms with Crippen LogP contribution >= 0.6 is 11.6 Å². The van der Waals surface area contributed by atoms with E-state index in [-0.39, 0.29) is 5.84 Å². The van der Waals surface area contributed by atoms with Crippen LogP contribution in [0.4, 0.5) is 0 Å². The van der Waals surface area contributed by atoms with E-state index in [1.165, 1.54) is 0 Å². The largest absolute Gasteiger partial charge is 0.488 e. The number of nitrogens with one attached hydrogen (secondary N) is 1. The van der Waals surface area contributed by atoms with Crippen LogP contribution in [0.25, 0.3) is 0 Å². The minimum absolute atomic E-state index is 0.0938. The molecule has 0 saturated heterocycles. The van der Waals surface area contributed by atoms with Crippen LogP contribution in [0.15, 0.2) is 48.5 Å². The van der Waals surface area contributed by atoms with Crippen LogP contribution in [0.3, 0.4) is 0 Å². The van der Waals surface area contributed by atoms with Gasteiger partial charge in [-0.3, -0.25) is 5.41 Å². The van der Waals surface area contributed by atoms with E-state index in [2.05, 4.69) is 0 Å². The SMILES string of the molecule is N=C(N)c1c(Cl)cccc1OCc1ccccc1. The number of hydrogen-bond acceptors (Lipinski definition) is 2. The molecule has 92 valence electrons. The van der Waals surface area contributed by atoms with Crippen molar-refractivity contribution >= 4 is 17.4 Å². The van der Waals surface area contributed by atoms with Crippen molar-refractivity contribution in [1.29, 1.82) is 5.41 Å². The number of rotatable bonds is 4. The van der Waals surface area contributed by atoms with Crippen molar-refractivity contribution in [1.82, 2.24) is 0 Å². The second-order valence-electron chi connectivity index (χ2n) is 3.80. The summed E-state index contributed by atoms with van der Waals surface area (Å²) in [6.45, 7) is 0.418. The van der Waals surface area contributed by atoms with Gasteiger partial charge in [0, 0.05) is 0 Å². The van der Waals surface area contributed by atoms with Gasteiger partial charge in [0.1, 0.15) is 18.2 Å². The van der Waals surface area contributed by atoms with Gasteiger partial charge in [-0.05, 0) is 17.7 Å². The molecule has 0 radical (unpaired) electrons. The van der Waals surface area contributed by atoms with E-state index in [0.29, 0.717) is 22.9 Å². The minimum atomic E-state index is -0.0938. The third kappa shape index (κ3) is 2.81. The molecule has 0 saturated carbocycles. The van der Waals surface area contributed by atoms with E-state index in [1.54, 1.807) is 18.2 Å². The Kier molecular flexibility index (Phi) is 3.85. The fourth-order valence-corrected chi connectivity index (χ4v) is 1.89. The van der Waals surface area contributed by atoms with Gasteiger partial charge in [-0.15, -0.1) is 0 Å². The number of halogens is 1. The smallest absolute Gasteiger partial charge is 0.132 e. The van der Waals surface area contributed by atoms with Crippen molar-refractivity contribution in [2.75, 3.05) is 0 Å². The van der Waals surface area contributed by atoms with E-state index in [1.807, 2.05) is 30.3 Å². The molecule has 3 N–H and O–H groups in total. The van der Waals surface area contributed by atoms with Gasteiger partial charge >= 0.3 is 0 Å². The van der Waals surface area contributed by atoms with Gasteiger partial charge in [0.2, 0.25) is 0 Å². The number of nitrogens with two attached hydrogens (primary N) is 1. The lowest BCUT2D eigenvalue weighted by Crippen LogP contribution is -2.13. The summed E-state index contributed by atoms with van der Waals surface area (Å²) in [7, 11) is 0. The summed E-state index contributed by atoms with van der Waals surface area (Å²) in [6, 6.07) is 15.0. The van der Waals surface area contributed by atoms with Gasteiger partial charge < -0.3 is 10.5 Å². The standard InChI is InChI=1S/C14H13ClN2O/c15-11-7-4-8-12(13(11)14(16)17)18-9-10-5-2-1-3-6-10/h1-8H,9H2,(H3,16,17). The molecule has 0 atom stereocenters. The lowest BCUT2D eigenvalue weighted by Gasteiger charge is -2.11. The Bertz CT molecular complexity index is 555. The number of amidine groups is 1. The highest BCUT2D eigenvalue weighted by molar-refractivity contribution is 6.34. The monoisotopic (exact) mass is 260 g/mol. The first-order chi connectivity index (χ1) is 8.68. The molecule has 0 fully saturated rings. The number of ether oxygens (including phenoxy) is 1. The highest BCUT2D eigenvalue weighted by atomic mass is 35.5. The van der Waals surface area contributed by atoms with Crippen LogP contribution in [0.1, 0.15) is 11.1 Å². The Morgan fingerprint density at radius 1 is 1.11 bits per heavy atom. The normalized spacial score (nSPS) is 10.1. The van der Waals surface area contributed by atoms with Gasteiger partial charge in [0.15, 0.2) is 0 Å². The molecule has 0 heterocycles. The molecule has 0 aliphatic heterocycles. The Morgan fingerprint density at radius 3 is 2.50 bits per heavy atom.